The highest BCUT2D eigenvalue weighted by Gasteiger charge is 2.24. The number of ether oxygens (including phenoxy) is 1. The zero-order valence-corrected chi connectivity index (χ0v) is 14.4. The number of methoxy groups -OCH3 is 1. The Kier molecular flexibility index (Phi) is 4.32. The lowest BCUT2D eigenvalue weighted by Gasteiger charge is -2.12. The molecule has 126 valence electrons. The number of benzene rings is 2. The summed E-state index contributed by atoms with van der Waals surface area (Å²) in [4.78, 5) is 11.8. The maximum absolute atomic E-state index is 12.6. The van der Waals surface area contributed by atoms with E-state index in [2.05, 4.69) is 9.46 Å². The largest absolute Gasteiger partial charge is 0.465 e. The Morgan fingerprint density at radius 1 is 1.12 bits per heavy atom. The summed E-state index contributed by atoms with van der Waals surface area (Å²) < 4.78 is 32.4. The minimum atomic E-state index is -3.71. The number of aryl methyl sites for hydroxylation is 1. The highest BCUT2D eigenvalue weighted by atomic mass is 32.2. The number of hydrogen-bond donors (Lipinski definition) is 1. The predicted octanol–water partition coefficient (Wildman–Crippen LogP) is 3.46. The Labute approximate surface area is 141 Å². The van der Waals surface area contributed by atoms with Crippen LogP contribution in [0.4, 0.5) is 5.69 Å². The third kappa shape index (κ3) is 3.43. The van der Waals surface area contributed by atoms with Crippen molar-refractivity contribution < 1.29 is 17.9 Å². The van der Waals surface area contributed by atoms with E-state index >= 15 is 0 Å². The van der Waals surface area contributed by atoms with Gasteiger partial charge in [0.05, 0.1) is 23.3 Å². The molecule has 1 aliphatic carbocycles. The van der Waals surface area contributed by atoms with Crippen LogP contribution in [-0.2, 0) is 14.8 Å². The van der Waals surface area contributed by atoms with E-state index in [0.717, 1.165) is 5.56 Å². The Morgan fingerprint density at radius 3 is 2.38 bits per heavy atom. The maximum Gasteiger partial charge on any atom is 0.337 e. The van der Waals surface area contributed by atoms with Gasteiger partial charge in [-0.15, -0.1) is 0 Å². The van der Waals surface area contributed by atoms with Crippen LogP contribution in [0.3, 0.4) is 0 Å². The topological polar surface area (TPSA) is 72.5 Å². The normalized spacial score (nSPS) is 14.2. The SMILES string of the molecule is COC(=O)c1ccc(C)c(NS(=O)(=O)c2ccc(C3CC3)cc2)c1. The summed E-state index contributed by atoms with van der Waals surface area (Å²) >= 11 is 0. The van der Waals surface area contributed by atoms with E-state index < -0.39 is 16.0 Å². The van der Waals surface area contributed by atoms with Crippen LogP contribution >= 0.6 is 0 Å². The first-order valence-corrected chi connectivity index (χ1v) is 9.21. The Morgan fingerprint density at radius 2 is 1.79 bits per heavy atom. The molecule has 1 aliphatic rings. The van der Waals surface area contributed by atoms with Gasteiger partial charge in [0, 0.05) is 0 Å². The minimum Gasteiger partial charge on any atom is -0.465 e. The Hall–Kier alpha value is -2.34. The summed E-state index contributed by atoms with van der Waals surface area (Å²) in [5.41, 5.74) is 2.56. The number of carbonyl (C=O) groups excluding carboxylic acids is 1. The zero-order chi connectivity index (χ0) is 17.3. The highest BCUT2D eigenvalue weighted by Crippen LogP contribution is 2.40. The molecule has 0 bridgehead atoms. The van der Waals surface area contributed by atoms with Gasteiger partial charge in [0.25, 0.3) is 10.0 Å². The summed E-state index contributed by atoms with van der Waals surface area (Å²) in [6.45, 7) is 1.77. The molecule has 0 unspecified atom stereocenters. The van der Waals surface area contributed by atoms with Gasteiger partial charge in [-0.05, 0) is 61.1 Å². The lowest BCUT2D eigenvalue weighted by Crippen LogP contribution is -2.14. The molecule has 3 rings (SSSR count). The number of esters is 1. The first-order chi connectivity index (χ1) is 11.4. The van der Waals surface area contributed by atoms with Crippen LogP contribution in [0.15, 0.2) is 47.4 Å². The second kappa shape index (κ2) is 6.28. The third-order valence-corrected chi connectivity index (χ3v) is 5.52. The smallest absolute Gasteiger partial charge is 0.337 e. The molecule has 0 aromatic heterocycles. The van der Waals surface area contributed by atoms with Gasteiger partial charge in [-0.2, -0.15) is 0 Å². The average molecular weight is 345 g/mol. The van der Waals surface area contributed by atoms with E-state index in [0.29, 0.717) is 17.2 Å². The number of hydrogen-bond acceptors (Lipinski definition) is 4. The van der Waals surface area contributed by atoms with E-state index in [1.54, 1.807) is 31.2 Å². The molecule has 5 nitrogen and oxygen atoms in total. The van der Waals surface area contributed by atoms with Crippen LogP contribution in [0.5, 0.6) is 0 Å². The lowest BCUT2D eigenvalue weighted by molar-refractivity contribution is 0.0601. The van der Waals surface area contributed by atoms with Crippen molar-refractivity contribution in [3.63, 3.8) is 0 Å². The van der Waals surface area contributed by atoms with Gasteiger partial charge in [-0.3, -0.25) is 4.72 Å². The number of sulfonamides is 1. The third-order valence-electron chi connectivity index (χ3n) is 4.14. The van der Waals surface area contributed by atoms with E-state index in [9.17, 15) is 13.2 Å². The number of anilines is 1. The lowest BCUT2D eigenvalue weighted by atomic mass is 10.1. The standard InChI is InChI=1S/C18H19NO4S/c1-12-3-4-15(18(20)23-2)11-17(12)19-24(21,22)16-9-7-14(8-10-16)13-5-6-13/h3-4,7-11,13,19H,5-6H2,1-2H3. The zero-order valence-electron chi connectivity index (χ0n) is 13.6. The van der Waals surface area contributed by atoms with Crippen LogP contribution < -0.4 is 4.72 Å². The van der Waals surface area contributed by atoms with Gasteiger partial charge in [0.15, 0.2) is 0 Å². The molecule has 0 amide bonds. The van der Waals surface area contributed by atoms with Crippen molar-refractivity contribution in [2.45, 2.75) is 30.6 Å². The second-order valence-corrected chi connectivity index (χ2v) is 7.65. The van der Waals surface area contributed by atoms with Gasteiger partial charge >= 0.3 is 5.97 Å². The molecular formula is C18H19NO4S. The number of carbonyl (C=O) groups is 1. The molecule has 2 aromatic rings. The van der Waals surface area contributed by atoms with Crippen LogP contribution in [0.1, 0.15) is 40.2 Å². The summed E-state index contributed by atoms with van der Waals surface area (Å²) in [6, 6.07) is 11.7. The first-order valence-electron chi connectivity index (χ1n) is 7.72. The fourth-order valence-corrected chi connectivity index (χ4v) is 3.64. The monoisotopic (exact) mass is 345 g/mol. The van der Waals surface area contributed by atoms with Gasteiger partial charge in [-0.1, -0.05) is 18.2 Å². The van der Waals surface area contributed by atoms with Crippen molar-refractivity contribution in [3.05, 3.63) is 59.2 Å². The number of nitrogens with one attached hydrogen (secondary N) is 1. The van der Waals surface area contributed by atoms with Gasteiger partial charge in [-0.25, -0.2) is 13.2 Å². The fraction of sp³-hybridized carbons (Fsp3) is 0.278. The molecule has 0 heterocycles. The molecule has 6 heteroatoms. The summed E-state index contributed by atoms with van der Waals surface area (Å²) in [7, 11) is -2.42. The van der Waals surface area contributed by atoms with E-state index in [-0.39, 0.29) is 4.90 Å². The molecule has 1 N–H and O–H groups in total. The van der Waals surface area contributed by atoms with Gasteiger partial charge in [0.2, 0.25) is 0 Å². The van der Waals surface area contributed by atoms with Gasteiger partial charge < -0.3 is 4.74 Å². The van der Waals surface area contributed by atoms with Crippen molar-refractivity contribution in [1.82, 2.24) is 0 Å². The molecular weight excluding hydrogens is 326 g/mol. The van der Waals surface area contributed by atoms with E-state index in [1.807, 2.05) is 12.1 Å². The van der Waals surface area contributed by atoms with Crippen molar-refractivity contribution in [2.24, 2.45) is 0 Å². The van der Waals surface area contributed by atoms with Crippen molar-refractivity contribution >= 4 is 21.7 Å². The molecule has 1 fully saturated rings. The fourth-order valence-electron chi connectivity index (χ4n) is 2.52. The van der Waals surface area contributed by atoms with Crippen LogP contribution in [-0.4, -0.2) is 21.5 Å². The predicted molar refractivity (Wildman–Crippen MR) is 91.7 cm³/mol. The van der Waals surface area contributed by atoms with Gasteiger partial charge in [0.1, 0.15) is 0 Å². The minimum absolute atomic E-state index is 0.203. The number of rotatable bonds is 5. The first kappa shape index (κ1) is 16.5. The van der Waals surface area contributed by atoms with E-state index in [4.69, 9.17) is 0 Å². The Balaban J connectivity index is 1.87. The van der Waals surface area contributed by atoms with Crippen LogP contribution in [0.2, 0.25) is 0 Å². The quantitative estimate of drug-likeness (QED) is 0.842. The molecule has 2 aromatic carbocycles. The molecule has 1 saturated carbocycles. The van der Waals surface area contributed by atoms with Crippen LogP contribution in [0, 0.1) is 6.92 Å². The van der Waals surface area contributed by atoms with Crippen molar-refractivity contribution in [1.29, 1.82) is 0 Å². The van der Waals surface area contributed by atoms with Crippen LogP contribution in [0.25, 0.3) is 0 Å². The summed E-state index contributed by atoms with van der Waals surface area (Å²) in [5.74, 6) is 0.0675. The molecule has 0 radical (unpaired) electrons. The molecule has 0 saturated heterocycles. The average Bonchev–Trinajstić information content (AvgIpc) is 3.41. The second-order valence-electron chi connectivity index (χ2n) is 5.97. The summed E-state index contributed by atoms with van der Waals surface area (Å²) in [6.07, 6.45) is 2.34. The highest BCUT2D eigenvalue weighted by molar-refractivity contribution is 7.92. The van der Waals surface area contributed by atoms with E-state index in [1.165, 1.54) is 31.6 Å². The Bertz CT molecular complexity index is 868. The molecule has 0 spiro atoms. The molecule has 24 heavy (non-hydrogen) atoms. The molecule has 0 atom stereocenters. The molecule has 0 aliphatic heterocycles. The van der Waals surface area contributed by atoms with Crippen molar-refractivity contribution in [3.8, 4) is 0 Å². The van der Waals surface area contributed by atoms with Crippen molar-refractivity contribution in [2.75, 3.05) is 11.8 Å². The summed E-state index contributed by atoms with van der Waals surface area (Å²) in [5, 5.41) is 0. The maximum atomic E-state index is 12.6.